The molecule has 2 aliphatic rings. The van der Waals surface area contributed by atoms with E-state index in [2.05, 4.69) is 35.2 Å². The van der Waals surface area contributed by atoms with Crippen LogP contribution in [0.15, 0.2) is 66.7 Å². The van der Waals surface area contributed by atoms with Crippen LogP contribution >= 0.6 is 0 Å². The van der Waals surface area contributed by atoms with Gasteiger partial charge in [-0.3, -0.25) is 0 Å². The highest BCUT2D eigenvalue weighted by atomic mass is 16.6. The second-order valence-corrected chi connectivity index (χ2v) is 13.6. The van der Waals surface area contributed by atoms with E-state index in [0.717, 1.165) is 60.4 Å². The summed E-state index contributed by atoms with van der Waals surface area (Å²) in [5, 5.41) is 9.58. The fourth-order valence-electron chi connectivity index (χ4n) is 6.47. The molecule has 0 radical (unpaired) electrons. The maximum atomic E-state index is 13.0. The van der Waals surface area contributed by atoms with Crippen LogP contribution in [0.3, 0.4) is 0 Å². The van der Waals surface area contributed by atoms with E-state index < -0.39 is 5.60 Å². The first-order chi connectivity index (χ1) is 23.2. The number of piperidine rings is 1. The zero-order valence-electron chi connectivity index (χ0n) is 29.0. The number of aliphatic hydroxyl groups is 1. The number of aryl methyl sites for hydroxylation is 1. The van der Waals surface area contributed by atoms with Crippen LogP contribution in [0.2, 0.25) is 0 Å². The molecule has 0 unspecified atom stereocenters. The summed E-state index contributed by atoms with van der Waals surface area (Å²) in [5.41, 5.74) is 5.21. The van der Waals surface area contributed by atoms with Crippen LogP contribution in [-0.4, -0.2) is 80.9 Å². The van der Waals surface area contributed by atoms with Crippen LogP contribution in [-0.2, 0) is 33.8 Å². The number of β-amino-alcohol motifs (C(OH)–C–C–N with tert-alkyl or cyclic N) is 1. The molecule has 5 rings (SSSR count). The van der Waals surface area contributed by atoms with Crippen LogP contribution in [0, 0.1) is 0 Å². The van der Waals surface area contributed by atoms with Crippen LogP contribution in [0.5, 0.6) is 11.5 Å². The largest absolute Gasteiger partial charge is 0.496 e. The molecule has 2 aliphatic heterocycles. The van der Waals surface area contributed by atoms with Crippen molar-refractivity contribution >= 4 is 11.8 Å². The molecule has 3 aromatic carbocycles. The van der Waals surface area contributed by atoms with Crippen molar-refractivity contribution < 1.29 is 33.6 Å². The lowest BCUT2D eigenvalue weighted by Gasteiger charge is -2.39. The lowest BCUT2D eigenvalue weighted by molar-refractivity contribution is -0.0359. The molecule has 3 aromatic rings. The van der Waals surface area contributed by atoms with E-state index in [4.69, 9.17) is 23.7 Å². The van der Waals surface area contributed by atoms with Crippen LogP contribution < -0.4 is 14.4 Å². The van der Waals surface area contributed by atoms with Crippen LogP contribution in [0.1, 0.15) is 68.2 Å². The maximum Gasteiger partial charge on any atom is 0.410 e. The van der Waals surface area contributed by atoms with Crippen molar-refractivity contribution in [3.8, 4) is 11.5 Å². The van der Waals surface area contributed by atoms with Gasteiger partial charge in [0.25, 0.3) is 0 Å². The molecule has 9 nitrogen and oxygen atoms in total. The number of fused-ring (bicyclic) bond motifs is 1. The summed E-state index contributed by atoms with van der Waals surface area (Å²) < 4.78 is 29.6. The number of likely N-dealkylation sites (tertiary alicyclic amines) is 1. The molecule has 0 saturated carbocycles. The van der Waals surface area contributed by atoms with E-state index >= 15 is 0 Å². The lowest BCUT2D eigenvalue weighted by atomic mass is 9.87. The third kappa shape index (κ3) is 9.87. The number of para-hydroxylation sites is 1. The topological polar surface area (TPSA) is 89.9 Å². The van der Waals surface area contributed by atoms with Crippen LogP contribution in [0.25, 0.3) is 0 Å². The molecule has 48 heavy (non-hydrogen) atoms. The van der Waals surface area contributed by atoms with Crippen molar-refractivity contribution in [3.05, 3.63) is 89.0 Å². The Labute approximate surface area is 285 Å². The highest BCUT2D eigenvalue weighted by Gasteiger charge is 2.35. The number of anilines is 1. The number of benzene rings is 3. The van der Waals surface area contributed by atoms with Crippen molar-refractivity contribution in [1.29, 1.82) is 0 Å². The van der Waals surface area contributed by atoms with E-state index in [1.54, 1.807) is 12.0 Å². The number of carbonyl (C=O) groups is 1. The Bertz CT molecular complexity index is 1460. The molecule has 0 spiro atoms. The van der Waals surface area contributed by atoms with Crippen molar-refractivity contribution in [2.45, 2.75) is 77.3 Å². The van der Waals surface area contributed by atoms with E-state index in [1.165, 1.54) is 11.3 Å². The van der Waals surface area contributed by atoms with Gasteiger partial charge < -0.3 is 38.6 Å². The number of aliphatic hydroxyl groups excluding tert-OH is 1. The molecule has 1 saturated heterocycles. The quantitative estimate of drug-likeness (QED) is 0.190. The molecular weight excluding hydrogens is 608 g/mol. The average molecular weight is 661 g/mol. The van der Waals surface area contributed by atoms with Crippen LogP contribution in [0.4, 0.5) is 10.5 Å². The first-order valence-electron chi connectivity index (χ1n) is 17.2. The van der Waals surface area contributed by atoms with Crippen molar-refractivity contribution in [2.24, 2.45) is 0 Å². The van der Waals surface area contributed by atoms with Gasteiger partial charge in [-0.05, 0) is 81.0 Å². The second-order valence-electron chi connectivity index (χ2n) is 13.6. The summed E-state index contributed by atoms with van der Waals surface area (Å²) in [7, 11) is 1.67. The molecule has 9 heteroatoms. The summed E-state index contributed by atoms with van der Waals surface area (Å²) in [4.78, 5) is 17.1. The Kier molecular flexibility index (Phi) is 12.6. The predicted octanol–water partition coefficient (Wildman–Crippen LogP) is 6.74. The number of hydrogen-bond acceptors (Lipinski definition) is 8. The van der Waals surface area contributed by atoms with E-state index in [-0.39, 0.29) is 24.7 Å². The number of nitrogens with zero attached hydrogens (tertiary/aromatic N) is 2. The number of rotatable bonds is 14. The molecule has 260 valence electrons. The predicted molar refractivity (Wildman–Crippen MR) is 187 cm³/mol. The molecular formula is C39H52N2O7. The first-order valence-corrected chi connectivity index (χ1v) is 17.2. The second kappa shape index (κ2) is 17.0. The summed E-state index contributed by atoms with van der Waals surface area (Å²) in [6, 6.07) is 22.7. The molecule has 0 bridgehead atoms. The van der Waals surface area contributed by atoms with Crippen molar-refractivity contribution in [2.75, 3.05) is 58.0 Å². The zero-order valence-corrected chi connectivity index (χ0v) is 29.0. The van der Waals surface area contributed by atoms with Gasteiger partial charge in [-0.25, -0.2) is 4.79 Å². The number of methoxy groups -OCH3 is 1. The Balaban J connectivity index is 1.18. The van der Waals surface area contributed by atoms with Crippen molar-refractivity contribution in [3.63, 3.8) is 0 Å². The molecule has 1 fully saturated rings. The average Bonchev–Trinajstić information content (AvgIpc) is 3.08. The Hall–Kier alpha value is -3.79. The smallest absolute Gasteiger partial charge is 0.410 e. The zero-order chi connectivity index (χ0) is 33.9. The summed E-state index contributed by atoms with van der Waals surface area (Å²) >= 11 is 0. The van der Waals surface area contributed by atoms with Gasteiger partial charge in [-0.2, -0.15) is 0 Å². The van der Waals surface area contributed by atoms with Gasteiger partial charge in [0.2, 0.25) is 0 Å². The molecule has 2 heterocycles. The summed E-state index contributed by atoms with van der Waals surface area (Å²) in [5.74, 6) is 1.76. The van der Waals surface area contributed by atoms with E-state index in [9.17, 15) is 9.90 Å². The standard InChI is InChI=1S/C39H52N2O7/c1-39(2,3)48-38(43)41-20-18-34(37(26-41)47-27-29-12-13-31-10-7-19-40(21-22-42)35(31)25-29)30-14-16-33(17-15-30)46-24-8-23-45-28-32-9-5-6-11-36(32)44-4/h5-6,9,11-17,25,34,37,42H,7-8,10,18-24,26-28H2,1-4H3/t34-,37+/m1/s1. The molecule has 1 N–H and O–H groups in total. The number of amides is 1. The van der Waals surface area contributed by atoms with Gasteiger partial charge in [0, 0.05) is 43.2 Å². The molecule has 2 atom stereocenters. The highest BCUT2D eigenvalue weighted by Crippen LogP contribution is 2.34. The molecule has 1 amide bonds. The minimum absolute atomic E-state index is 0.115. The van der Waals surface area contributed by atoms with Gasteiger partial charge in [0.05, 0.1) is 52.8 Å². The normalized spacial score (nSPS) is 17.9. The third-order valence-corrected chi connectivity index (χ3v) is 8.87. The van der Waals surface area contributed by atoms with Crippen molar-refractivity contribution in [1.82, 2.24) is 4.90 Å². The third-order valence-electron chi connectivity index (χ3n) is 8.87. The summed E-state index contributed by atoms with van der Waals surface area (Å²) in [6.07, 6.45) is 3.17. The highest BCUT2D eigenvalue weighted by molar-refractivity contribution is 5.68. The number of carbonyl (C=O) groups excluding carboxylic acids is 1. The van der Waals surface area contributed by atoms with Gasteiger partial charge in [-0.15, -0.1) is 0 Å². The fraction of sp³-hybridized carbons (Fsp3) is 0.513. The van der Waals surface area contributed by atoms with E-state index in [1.807, 2.05) is 57.2 Å². The van der Waals surface area contributed by atoms with Gasteiger partial charge >= 0.3 is 6.09 Å². The minimum atomic E-state index is -0.564. The fourth-order valence-corrected chi connectivity index (χ4v) is 6.47. The van der Waals surface area contributed by atoms with Gasteiger partial charge in [0.15, 0.2) is 0 Å². The van der Waals surface area contributed by atoms with Gasteiger partial charge in [-0.1, -0.05) is 42.5 Å². The monoisotopic (exact) mass is 660 g/mol. The Morgan fingerprint density at radius 2 is 1.79 bits per heavy atom. The Morgan fingerprint density at radius 1 is 0.979 bits per heavy atom. The SMILES string of the molecule is COc1ccccc1COCCCOc1ccc([C@H]2CCN(C(=O)OC(C)(C)C)C[C@@H]2OCc2ccc3c(c2)N(CCO)CCC3)cc1. The van der Waals surface area contributed by atoms with Gasteiger partial charge in [0.1, 0.15) is 17.1 Å². The molecule has 0 aliphatic carbocycles. The lowest BCUT2D eigenvalue weighted by Crippen LogP contribution is -2.48. The summed E-state index contributed by atoms with van der Waals surface area (Å²) in [6.45, 7) is 10.5. The minimum Gasteiger partial charge on any atom is -0.496 e. The molecule has 0 aromatic heterocycles. The maximum absolute atomic E-state index is 13.0. The Morgan fingerprint density at radius 3 is 2.56 bits per heavy atom. The van der Waals surface area contributed by atoms with E-state index in [0.29, 0.717) is 46.1 Å². The number of ether oxygens (including phenoxy) is 5. The first kappa shape index (κ1) is 35.5. The number of hydrogen-bond donors (Lipinski definition) is 1.